The number of nitrogens with zero attached hydrogens (tertiary/aromatic N) is 3. The second kappa shape index (κ2) is 8.34. The van der Waals surface area contributed by atoms with Crippen LogP contribution in [0.15, 0.2) is 48.5 Å². The monoisotopic (exact) mass is 404 g/mol. The van der Waals surface area contributed by atoms with Gasteiger partial charge in [0, 0.05) is 24.2 Å². The van der Waals surface area contributed by atoms with Crippen molar-refractivity contribution in [3.05, 3.63) is 54.4 Å². The zero-order valence-corrected chi connectivity index (χ0v) is 15.8. The molecule has 0 bridgehead atoms. The molecule has 3 rings (SSSR count). The van der Waals surface area contributed by atoms with Gasteiger partial charge in [0.15, 0.2) is 5.82 Å². The zero-order chi connectivity index (χ0) is 21.0. The molecule has 1 heterocycles. The number of ether oxygens (including phenoxy) is 1. The molecular formula is C20H19F3N4O2. The van der Waals surface area contributed by atoms with Crippen molar-refractivity contribution in [1.29, 1.82) is 0 Å². The Balaban J connectivity index is 1.93. The first-order valence-corrected chi connectivity index (χ1v) is 8.99. The molecule has 0 unspecified atom stereocenters. The molecule has 6 nitrogen and oxygen atoms in total. The Morgan fingerprint density at radius 3 is 2.45 bits per heavy atom. The number of halogens is 3. The van der Waals surface area contributed by atoms with Gasteiger partial charge in [-0.3, -0.25) is 9.89 Å². The van der Waals surface area contributed by atoms with Gasteiger partial charge in [0.2, 0.25) is 5.82 Å². The van der Waals surface area contributed by atoms with E-state index < -0.39 is 6.36 Å². The first kappa shape index (κ1) is 20.4. The van der Waals surface area contributed by atoms with E-state index >= 15 is 0 Å². The van der Waals surface area contributed by atoms with Gasteiger partial charge in [-0.15, -0.1) is 13.2 Å². The van der Waals surface area contributed by atoms with Crippen LogP contribution in [0.4, 0.5) is 13.2 Å². The van der Waals surface area contributed by atoms with Gasteiger partial charge in [-0.1, -0.05) is 36.4 Å². The van der Waals surface area contributed by atoms with Crippen molar-refractivity contribution in [3.63, 3.8) is 0 Å². The van der Waals surface area contributed by atoms with Gasteiger partial charge in [-0.25, -0.2) is 4.98 Å². The summed E-state index contributed by atoms with van der Waals surface area (Å²) in [5.41, 5.74) is 1.34. The molecule has 0 saturated carbocycles. The van der Waals surface area contributed by atoms with E-state index in [2.05, 4.69) is 19.9 Å². The van der Waals surface area contributed by atoms with Crippen LogP contribution in [0.25, 0.3) is 22.5 Å². The Labute approximate surface area is 165 Å². The van der Waals surface area contributed by atoms with Crippen molar-refractivity contribution in [2.45, 2.75) is 20.2 Å². The van der Waals surface area contributed by atoms with E-state index in [4.69, 9.17) is 0 Å². The van der Waals surface area contributed by atoms with Gasteiger partial charge < -0.3 is 9.64 Å². The van der Waals surface area contributed by atoms with Gasteiger partial charge >= 0.3 is 6.36 Å². The van der Waals surface area contributed by atoms with Crippen molar-refractivity contribution in [3.8, 4) is 28.3 Å². The first-order chi connectivity index (χ1) is 13.8. The number of alkyl halides is 3. The van der Waals surface area contributed by atoms with E-state index in [0.717, 1.165) is 0 Å². The highest BCUT2D eigenvalue weighted by molar-refractivity contribution is 5.91. The average molecular weight is 404 g/mol. The van der Waals surface area contributed by atoms with Crippen LogP contribution in [0, 0.1) is 0 Å². The smallest absolute Gasteiger partial charge is 0.405 e. The Morgan fingerprint density at radius 2 is 1.76 bits per heavy atom. The van der Waals surface area contributed by atoms with Crippen LogP contribution in [0.3, 0.4) is 0 Å². The highest BCUT2D eigenvalue weighted by Crippen LogP contribution is 2.35. The summed E-state index contributed by atoms with van der Waals surface area (Å²) in [6.07, 6.45) is -4.79. The summed E-state index contributed by atoms with van der Waals surface area (Å²) in [7, 11) is 0. The summed E-state index contributed by atoms with van der Waals surface area (Å²) in [4.78, 5) is 18.2. The van der Waals surface area contributed by atoms with Crippen LogP contribution < -0.4 is 4.74 Å². The van der Waals surface area contributed by atoms with E-state index in [1.165, 1.54) is 18.2 Å². The summed E-state index contributed by atoms with van der Waals surface area (Å²) < 4.78 is 42.2. The lowest BCUT2D eigenvalue weighted by Gasteiger charge is -2.16. The number of aromatic nitrogens is 3. The van der Waals surface area contributed by atoms with Gasteiger partial charge in [0.05, 0.1) is 0 Å². The minimum atomic E-state index is -4.79. The molecule has 1 N–H and O–H groups in total. The first-order valence-electron chi connectivity index (χ1n) is 8.99. The summed E-state index contributed by atoms with van der Waals surface area (Å²) >= 11 is 0. The van der Waals surface area contributed by atoms with Crippen molar-refractivity contribution in [2.75, 3.05) is 13.1 Å². The molecule has 0 atom stereocenters. The maximum Gasteiger partial charge on any atom is 0.573 e. The third kappa shape index (κ3) is 4.74. The van der Waals surface area contributed by atoms with Crippen LogP contribution in [0.5, 0.6) is 5.75 Å². The van der Waals surface area contributed by atoms with Gasteiger partial charge in [0.25, 0.3) is 5.91 Å². The number of amides is 1. The number of carbonyl (C=O) groups is 1. The Bertz CT molecular complexity index is 997. The number of para-hydroxylation sites is 1. The second-order valence-electron chi connectivity index (χ2n) is 6.11. The number of hydrogen-bond acceptors (Lipinski definition) is 4. The van der Waals surface area contributed by atoms with Crippen LogP contribution in [-0.4, -0.2) is 45.4 Å². The summed E-state index contributed by atoms with van der Waals surface area (Å²) in [6, 6.07) is 12.6. The van der Waals surface area contributed by atoms with Crippen molar-refractivity contribution in [1.82, 2.24) is 20.1 Å². The molecule has 152 valence electrons. The van der Waals surface area contributed by atoms with Gasteiger partial charge in [0.1, 0.15) is 5.75 Å². The minimum absolute atomic E-state index is 0.106. The van der Waals surface area contributed by atoms with E-state index in [9.17, 15) is 18.0 Å². The molecule has 0 aliphatic rings. The standard InChI is InChI=1S/C20H19F3N4O2/c1-3-27(4-2)19(28)18-24-17(25-26-18)14-9-7-8-13(12-14)15-10-5-6-11-16(15)29-20(21,22)23/h5-12H,3-4H2,1-2H3,(H,24,25,26). The molecule has 0 radical (unpaired) electrons. The summed E-state index contributed by atoms with van der Waals surface area (Å²) in [6.45, 7) is 4.80. The molecule has 1 aromatic heterocycles. The van der Waals surface area contributed by atoms with Crippen molar-refractivity contribution >= 4 is 5.91 Å². The fourth-order valence-corrected chi connectivity index (χ4v) is 2.89. The Hall–Kier alpha value is -3.36. The van der Waals surface area contributed by atoms with Crippen molar-refractivity contribution < 1.29 is 22.7 Å². The minimum Gasteiger partial charge on any atom is -0.405 e. The number of benzene rings is 2. The van der Waals surface area contributed by atoms with E-state index in [-0.39, 0.29) is 28.9 Å². The molecular weight excluding hydrogens is 385 g/mol. The van der Waals surface area contributed by atoms with Crippen LogP contribution >= 0.6 is 0 Å². The number of H-pyrrole nitrogens is 1. The topological polar surface area (TPSA) is 71.1 Å². The number of rotatable bonds is 6. The maximum atomic E-state index is 12.7. The summed E-state index contributed by atoms with van der Waals surface area (Å²) in [5, 5.41) is 6.71. The zero-order valence-electron chi connectivity index (χ0n) is 15.8. The quantitative estimate of drug-likeness (QED) is 0.656. The SMILES string of the molecule is CCN(CC)C(=O)c1nc(-c2cccc(-c3ccccc3OC(F)(F)F)c2)n[nH]1. The van der Waals surface area contributed by atoms with Gasteiger partial charge in [-0.2, -0.15) is 5.10 Å². The number of carbonyl (C=O) groups excluding carboxylic acids is 1. The van der Waals surface area contributed by atoms with Crippen LogP contribution in [-0.2, 0) is 0 Å². The lowest BCUT2D eigenvalue weighted by Crippen LogP contribution is -2.31. The fraction of sp³-hybridized carbons (Fsp3) is 0.250. The van der Waals surface area contributed by atoms with Crippen LogP contribution in [0.1, 0.15) is 24.5 Å². The molecule has 1 amide bonds. The molecule has 3 aromatic rings. The third-order valence-electron chi connectivity index (χ3n) is 4.28. The fourth-order valence-electron chi connectivity index (χ4n) is 2.89. The number of nitrogens with one attached hydrogen (secondary N) is 1. The van der Waals surface area contributed by atoms with Crippen LogP contribution in [0.2, 0.25) is 0 Å². The molecule has 29 heavy (non-hydrogen) atoms. The Kier molecular flexibility index (Phi) is 5.86. The lowest BCUT2D eigenvalue weighted by atomic mass is 10.0. The predicted octanol–water partition coefficient (Wildman–Crippen LogP) is 4.52. The molecule has 2 aromatic carbocycles. The third-order valence-corrected chi connectivity index (χ3v) is 4.28. The van der Waals surface area contributed by atoms with E-state index in [1.807, 2.05) is 13.8 Å². The maximum absolute atomic E-state index is 12.7. The highest BCUT2D eigenvalue weighted by atomic mass is 19.4. The predicted molar refractivity (Wildman–Crippen MR) is 101 cm³/mol. The lowest BCUT2D eigenvalue weighted by molar-refractivity contribution is -0.274. The molecule has 0 fully saturated rings. The second-order valence-corrected chi connectivity index (χ2v) is 6.11. The molecule has 0 aliphatic heterocycles. The Morgan fingerprint density at radius 1 is 1.07 bits per heavy atom. The van der Waals surface area contributed by atoms with Gasteiger partial charge in [-0.05, 0) is 31.5 Å². The highest BCUT2D eigenvalue weighted by Gasteiger charge is 2.32. The molecule has 0 aliphatic carbocycles. The normalized spacial score (nSPS) is 11.3. The molecule has 0 saturated heterocycles. The van der Waals surface area contributed by atoms with Crippen molar-refractivity contribution in [2.24, 2.45) is 0 Å². The summed E-state index contributed by atoms with van der Waals surface area (Å²) in [5.74, 6) is -0.190. The average Bonchev–Trinajstić information content (AvgIpc) is 3.18. The number of aromatic amines is 1. The largest absolute Gasteiger partial charge is 0.573 e. The van der Waals surface area contributed by atoms with E-state index in [0.29, 0.717) is 24.2 Å². The van der Waals surface area contributed by atoms with E-state index in [1.54, 1.807) is 35.2 Å². The molecule has 0 spiro atoms. The molecule has 9 heteroatoms. The number of hydrogen-bond donors (Lipinski definition) is 1.